The average Bonchev–Trinajstić information content (AvgIpc) is 3.01. The quantitative estimate of drug-likeness (QED) is 0.374. The summed E-state index contributed by atoms with van der Waals surface area (Å²) >= 11 is 1.65. The van der Waals surface area contributed by atoms with Crippen LogP contribution in [0, 0.1) is 6.92 Å². The minimum Gasteiger partial charge on any atom is -0.352 e. The molecular weight excluding hydrogens is 461 g/mol. The zero-order valence-corrected chi connectivity index (χ0v) is 18.7. The maximum atomic E-state index is 11.8. The van der Waals surface area contributed by atoms with Crippen LogP contribution in [-0.2, 0) is 13.1 Å². The van der Waals surface area contributed by atoms with Gasteiger partial charge in [-0.25, -0.2) is 4.98 Å². The number of hydrogen-bond acceptors (Lipinski definition) is 4. The number of nitrogens with one attached hydrogen (secondary N) is 2. The highest BCUT2D eigenvalue weighted by molar-refractivity contribution is 14.0. The predicted octanol–water partition coefficient (Wildman–Crippen LogP) is 3.03. The third-order valence-corrected chi connectivity index (χ3v) is 4.47. The van der Waals surface area contributed by atoms with E-state index in [0.29, 0.717) is 25.2 Å². The Morgan fingerprint density at radius 3 is 2.50 bits per heavy atom. The molecular formula is C18H26IN5OS. The van der Waals surface area contributed by atoms with Gasteiger partial charge < -0.3 is 15.5 Å². The molecule has 2 rings (SSSR count). The lowest BCUT2D eigenvalue weighted by Crippen LogP contribution is -2.38. The second kappa shape index (κ2) is 11.1. The molecule has 0 aliphatic rings. The van der Waals surface area contributed by atoms with Crippen molar-refractivity contribution in [3.63, 3.8) is 0 Å². The number of aryl methyl sites for hydroxylation is 1. The molecule has 1 heterocycles. The van der Waals surface area contributed by atoms with Gasteiger partial charge in [-0.1, -0.05) is 12.1 Å². The summed E-state index contributed by atoms with van der Waals surface area (Å²) in [6, 6.07) is 7.59. The third kappa shape index (κ3) is 6.56. The average molecular weight is 487 g/mol. The number of hydrogen-bond donors (Lipinski definition) is 2. The van der Waals surface area contributed by atoms with Crippen LogP contribution in [0.15, 0.2) is 34.6 Å². The summed E-state index contributed by atoms with van der Waals surface area (Å²) in [5.74, 6) is 0.759. The van der Waals surface area contributed by atoms with Crippen LogP contribution in [0.25, 0.3) is 0 Å². The normalized spacial score (nSPS) is 10.8. The minimum absolute atomic E-state index is 0. The van der Waals surface area contributed by atoms with Gasteiger partial charge in [-0.05, 0) is 31.5 Å². The molecule has 2 N–H and O–H groups in total. The lowest BCUT2D eigenvalue weighted by molar-refractivity contribution is 0.0956. The fourth-order valence-corrected chi connectivity index (χ4v) is 3.00. The number of halogens is 1. The van der Waals surface area contributed by atoms with Crippen LogP contribution in [0.5, 0.6) is 0 Å². The smallest absolute Gasteiger partial charge is 0.251 e. The lowest BCUT2D eigenvalue weighted by atomic mass is 10.1. The van der Waals surface area contributed by atoms with Crippen LogP contribution in [-0.4, -0.2) is 42.4 Å². The van der Waals surface area contributed by atoms with E-state index >= 15 is 0 Å². The first-order valence-corrected chi connectivity index (χ1v) is 9.11. The van der Waals surface area contributed by atoms with E-state index < -0.39 is 0 Å². The van der Waals surface area contributed by atoms with E-state index in [1.54, 1.807) is 18.4 Å². The largest absolute Gasteiger partial charge is 0.352 e. The summed E-state index contributed by atoms with van der Waals surface area (Å²) in [6.07, 6.45) is 0. The van der Waals surface area contributed by atoms with Gasteiger partial charge in [-0.3, -0.25) is 9.79 Å². The summed E-state index contributed by atoms with van der Waals surface area (Å²) < 4.78 is 0. The van der Waals surface area contributed by atoms with E-state index in [-0.39, 0.29) is 29.9 Å². The summed E-state index contributed by atoms with van der Waals surface area (Å²) in [7, 11) is 3.76. The topological polar surface area (TPSA) is 69.6 Å². The molecule has 0 atom stereocenters. The van der Waals surface area contributed by atoms with Crippen molar-refractivity contribution in [2.45, 2.75) is 26.9 Å². The molecule has 0 saturated carbocycles. The Morgan fingerprint density at radius 1 is 1.27 bits per heavy atom. The Bertz CT molecular complexity index is 729. The van der Waals surface area contributed by atoms with E-state index in [1.807, 2.05) is 50.1 Å². The Morgan fingerprint density at radius 2 is 1.96 bits per heavy atom. The lowest BCUT2D eigenvalue weighted by Gasteiger charge is -2.21. The van der Waals surface area contributed by atoms with E-state index in [9.17, 15) is 4.79 Å². The van der Waals surface area contributed by atoms with Gasteiger partial charge in [0.25, 0.3) is 5.91 Å². The molecule has 0 bridgehead atoms. The Balaban J connectivity index is 0.00000338. The molecule has 0 aliphatic carbocycles. The first kappa shape index (κ1) is 22.4. The molecule has 0 fully saturated rings. The van der Waals surface area contributed by atoms with E-state index in [0.717, 1.165) is 22.2 Å². The number of rotatable bonds is 6. The number of amides is 1. The number of nitrogens with zero attached hydrogens (tertiary/aromatic N) is 3. The summed E-state index contributed by atoms with van der Waals surface area (Å²) in [4.78, 5) is 22.6. The molecule has 142 valence electrons. The van der Waals surface area contributed by atoms with Crippen molar-refractivity contribution in [3.05, 3.63) is 51.5 Å². The van der Waals surface area contributed by atoms with Crippen LogP contribution in [0.3, 0.4) is 0 Å². The van der Waals surface area contributed by atoms with Crippen molar-refractivity contribution in [2.24, 2.45) is 4.99 Å². The molecule has 1 amide bonds. The van der Waals surface area contributed by atoms with Crippen molar-refractivity contribution in [1.29, 1.82) is 0 Å². The maximum absolute atomic E-state index is 11.8. The van der Waals surface area contributed by atoms with Crippen LogP contribution < -0.4 is 10.6 Å². The second-order valence-electron chi connectivity index (χ2n) is 5.67. The van der Waals surface area contributed by atoms with Gasteiger partial charge in [-0.2, -0.15) is 0 Å². The van der Waals surface area contributed by atoms with Gasteiger partial charge in [0, 0.05) is 38.1 Å². The first-order chi connectivity index (χ1) is 12.0. The molecule has 1 aromatic carbocycles. The van der Waals surface area contributed by atoms with Crippen LogP contribution in [0.4, 0.5) is 0 Å². The SMILES string of the molecule is CCNC(=O)c1ccc(CNC(=NC)N(C)Cc2csc(C)n2)cc1.I. The van der Waals surface area contributed by atoms with Crippen molar-refractivity contribution < 1.29 is 4.79 Å². The molecule has 26 heavy (non-hydrogen) atoms. The number of aliphatic imine (C=N–C) groups is 1. The molecule has 1 aromatic heterocycles. The first-order valence-electron chi connectivity index (χ1n) is 8.23. The number of carbonyl (C=O) groups excluding carboxylic acids is 1. The van der Waals surface area contributed by atoms with E-state index in [4.69, 9.17) is 0 Å². The van der Waals surface area contributed by atoms with Crippen molar-refractivity contribution in [2.75, 3.05) is 20.6 Å². The molecule has 0 unspecified atom stereocenters. The van der Waals surface area contributed by atoms with Crippen LogP contribution in [0.1, 0.15) is 33.5 Å². The highest BCUT2D eigenvalue weighted by atomic mass is 127. The van der Waals surface area contributed by atoms with Gasteiger partial charge in [0.05, 0.1) is 17.2 Å². The van der Waals surface area contributed by atoms with Gasteiger partial charge in [0.15, 0.2) is 5.96 Å². The monoisotopic (exact) mass is 487 g/mol. The minimum atomic E-state index is -0.0453. The third-order valence-electron chi connectivity index (χ3n) is 3.64. The molecule has 2 aromatic rings. The van der Waals surface area contributed by atoms with Crippen LogP contribution >= 0.6 is 35.3 Å². The van der Waals surface area contributed by atoms with E-state index in [1.165, 1.54) is 0 Å². The molecule has 8 heteroatoms. The zero-order chi connectivity index (χ0) is 18.2. The van der Waals surface area contributed by atoms with Crippen molar-refractivity contribution in [3.8, 4) is 0 Å². The highest BCUT2D eigenvalue weighted by Crippen LogP contribution is 2.10. The summed E-state index contributed by atoms with van der Waals surface area (Å²) in [6.45, 7) is 5.89. The Labute approximate surface area is 176 Å². The highest BCUT2D eigenvalue weighted by Gasteiger charge is 2.09. The fourth-order valence-electron chi connectivity index (χ4n) is 2.40. The van der Waals surface area contributed by atoms with Gasteiger partial charge in [0.2, 0.25) is 0 Å². The maximum Gasteiger partial charge on any atom is 0.251 e. The number of aromatic nitrogens is 1. The number of thiazole rings is 1. The molecule has 0 radical (unpaired) electrons. The van der Waals surface area contributed by atoms with E-state index in [2.05, 4.69) is 26.0 Å². The molecule has 0 aliphatic heterocycles. The number of benzene rings is 1. The number of guanidine groups is 1. The standard InChI is InChI=1S/C18H25N5OS.HI/c1-5-20-17(24)15-8-6-14(7-9-15)10-21-18(19-3)23(4)11-16-12-25-13(2)22-16;/h6-9,12H,5,10-11H2,1-4H3,(H,19,21)(H,20,24);1H. The molecule has 6 nitrogen and oxygen atoms in total. The van der Waals surface area contributed by atoms with Gasteiger partial charge in [-0.15, -0.1) is 35.3 Å². The molecule has 0 spiro atoms. The summed E-state index contributed by atoms with van der Waals surface area (Å²) in [5.41, 5.74) is 2.80. The molecule has 0 saturated heterocycles. The van der Waals surface area contributed by atoms with Crippen molar-refractivity contribution >= 4 is 47.2 Å². The number of carbonyl (C=O) groups is 1. The van der Waals surface area contributed by atoms with Crippen molar-refractivity contribution in [1.82, 2.24) is 20.5 Å². The Hall–Kier alpha value is -1.68. The fraction of sp³-hybridized carbons (Fsp3) is 0.389. The van der Waals surface area contributed by atoms with Crippen LogP contribution in [0.2, 0.25) is 0 Å². The van der Waals surface area contributed by atoms with Gasteiger partial charge in [0.1, 0.15) is 0 Å². The Kier molecular flexibility index (Phi) is 9.57. The second-order valence-corrected chi connectivity index (χ2v) is 6.73. The van der Waals surface area contributed by atoms with Gasteiger partial charge >= 0.3 is 0 Å². The predicted molar refractivity (Wildman–Crippen MR) is 118 cm³/mol. The summed E-state index contributed by atoms with van der Waals surface area (Å²) in [5, 5.41) is 9.27. The zero-order valence-electron chi connectivity index (χ0n) is 15.6.